The molecule has 0 aromatic heterocycles. The van der Waals surface area contributed by atoms with Crippen LogP contribution in [0.4, 0.5) is 22.0 Å². The molecule has 2 amide bonds. The van der Waals surface area contributed by atoms with Gasteiger partial charge in [0, 0.05) is 11.6 Å². The summed E-state index contributed by atoms with van der Waals surface area (Å²) >= 11 is 0. The zero-order chi connectivity index (χ0) is 20.8. The normalized spacial score (nSPS) is 11.2. The number of nitrogens with zero attached hydrogens (tertiary/aromatic N) is 1. The third kappa shape index (κ3) is 4.57. The lowest BCUT2D eigenvalue weighted by Gasteiger charge is -2.04. The number of hydrazone groups is 1. The van der Waals surface area contributed by atoms with Gasteiger partial charge in [0.2, 0.25) is 5.82 Å². The number of benzene rings is 2. The quantitative estimate of drug-likeness (QED) is 0.137. The molecule has 0 aliphatic carbocycles. The Balaban J connectivity index is 2.17. The van der Waals surface area contributed by atoms with Crippen molar-refractivity contribution in [1.82, 2.24) is 10.9 Å². The van der Waals surface area contributed by atoms with E-state index in [0.717, 1.165) is 6.08 Å². The van der Waals surface area contributed by atoms with Crippen LogP contribution in [0, 0.1) is 29.1 Å². The minimum Gasteiger partial charge on any atom is -0.288 e. The van der Waals surface area contributed by atoms with Crippen molar-refractivity contribution in [3.8, 4) is 0 Å². The van der Waals surface area contributed by atoms with Crippen molar-refractivity contribution in [3.63, 3.8) is 0 Å². The second-order valence-corrected chi connectivity index (χ2v) is 5.12. The van der Waals surface area contributed by atoms with Crippen LogP contribution in [-0.2, 0) is 4.79 Å². The molecule has 0 aliphatic rings. The molecule has 0 saturated carbocycles. The van der Waals surface area contributed by atoms with Gasteiger partial charge in [0.15, 0.2) is 23.3 Å². The first-order chi connectivity index (χ1) is 13.3. The number of rotatable bonds is 5. The van der Waals surface area contributed by atoms with Crippen LogP contribution in [0.2, 0.25) is 0 Å². The van der Waals surface area contributed by atoms with Gasteiger partial charge in [0.05, 0.1) is 11.8 Å². The molecule has 0 spiro atoms. The van der Waals surface area contributed by atoms with Gasteiger partial charge in [-0.1, -0.05) is 12.1 Å². The van der Waals surface area contributed by atoms with E-state index in [1.54, 1.807) is 0 Å². The Kier molecular flexibility index (Phi) is 6.55. The summed E-state index contributed by atoms with van der Waals surface area (Å²) in [5, 5.41) is 11.6. The summed E-state index contributed by atoms with van der Waals surface area (Å²) in [5.74, 6) is -12.4. The average Bonchev–Trinajstić information content (AvgIpc) is 2.71. The third-order valence-electron chi connectivity index (χ3n) is 3.29. The van der Waals surface area contributed by atoms with E-state index >= 15 is 0 Å². The highest BCUT2D eigenvalue weighted by molar-refractivity contribution is 5.96. The lowest BCUT2D eigenvalue weighted by molar-refractivity contribution is -0.124. The highest BCUT2D eigenvalue weighted by Gasteiger charge is 2.24. The molecule has 2 rings (SSSR count). The fraction of sp³-hybridized carbons (Fsp3) is 0. The SMILES string of the molecule is O=C(C=Cc1cccc(C(=O)NN=Cc2c(F)c(F)c(F)c(F)c2F)c1)NO. The van der Waals surface area contributed by atoms with Gasteiger partial charge in [0.1, 0.15) is 0 Å². The molecule has 11 heteroatoms. The molecule has 146 valence electrons. The number of amides is 2. The Hall–Kier alpha value is -3.60. The third-order valence-corrected chi connectivity index (χ3v) is 3.29. The van der Waals surface area contributed by atoms with E-state index in [-0.39, 0.29) is 11.8 Å². The van der Waals surface area contributed by atoms with E-state index in [1.165, 1.54) is 35.8 Å². The first-order valence-corrected chi connectivity index (χ1v) is 7.33. The highest BCUT2D eigenvalue weighted by Crippen LogP contribution is 2.21. The van der Waals surface area contributed by atoms with Gasteiger partial charge in [-0.3, -0.25) is 14.8 Å². The largest absolute Gasteiger partial charge is 0.288 e. The Morgan fingerprint density at radius 2 is 1.57 bits per heavy atom. The Labute approximate surface area is 153 Å². The summed E-state index contributed by atoms with van der Waals surface area (Å²) in [4.78, 5) is 22.9. The van der Waals surface area contributed by atoms with Crippen molar-refractivity contribution in [2.75, 3.05) is 0 Å². The Morgan fingerprint density at radius 3 is 2.18 bits per heavy atom. The summed E-state index contributed by atoms with van der Waals surface area (Å²) in [6.07, 6.45) is 2.54. The number of hydrogen-bond acceptors (Lipinski definition) is 4. The van der Waals surface area contributed by atoms with Gasteiger partial charge in [-0.25, -0.2) is 32.9 Å². The maximum atomic E-state index is 13.5. The second-order valence-electron chi connectivity index (χ2n) is 5.12. The molecule has 0 fully saturated rings. The van der Waals surface area contributed by atoms with Crippen molar-refractivity contribution < 1.29 is 36.7 Å². The maximum Gasteiger partial charge on any atom is 0.271 e. The Bertz CT molecular complexity index is 963. The van der Waals surface area contributed by atoms with Crippen molar-refractivity contribution >= 4 is 24.1 Å². The Morgan fingerprint density at radius 1 is 0.964 bits per heavy atom. The molecule has 2 aromatic carbocycles. The van der Waals surface area contributed by atoms with Gasteiger partial charge in [-0.2, -0.15) is 5.10 Å². The van der Waals surface area contributed by atoms with E-state index in [9.17, 15) is 31.5 Å². The molecule has 0 bridgehead atoms. The van der Waals surface area contributed by atoms with Gasteiger partial charge in [-0.15, -0.1) is 0 Å². The van der Waals surface area contributed by atoms with E-state index in [1.807, 2.05) is 5.43 Å². The lowest BCUT2D eigenvalue weighted by Crippen LogP contribution is -2.18. The number of carbonyl (C=O) groups is 2. The van der Waals surface area contributed by atoms with Crippen LogP contribution < -0.4 is 10.9 Å². The minimum absolute atomic E-state index is 0.0149. The molecule has 0 saturated heterocycles. The molecule has 0 unspecified atom stereocenters. The van der Waals surface area contributed by atoms with E-state index in [2.05, 4.69) is 5.10 Å². The smallest absolute Gasteiger partial charge is 0.271 e. The molecule has 3 N–H and O–H groups in total. The van der Waals surface area contributed by atoms with Crippen LogP contribution in [0.3, 0.4) is 0 Å². The number of hydroxylamine groups is 1. The second kappa shape index (κ2) is 8.86. The lowest BCUT2D eigenvalue weighted by atomic mass is 10.1. The molecular formula is C17H10F5N3O3. The van der Waals surface area contributed by atoms with E-state index < -0.39 is 46.5 Å². The molecule has 28 heavy (non-hydrogen) atoms. The molecule has 0 atom stereocenters. The van der Waals surface area contributed by atoms with Crippen LogP contribution >= 0.6 is 0 Å². The summed E-state index contributed by atoms with van der Waals surface area (Å²) in [7, 11) is 0. The minimum atomic E-state index is -2.31. The zero-order valence-corrected chi connectivity index (χ0v) is 13.6. The van der Waals surface area contributed by atoms with Gasteiger partial charge >= 0.3 is 0 Å². The number of hydrogen-bond donors (Lipinski definition) is 3. The predicted octanol–water partition coefficient (Wildman–Crippen LogP) is 2.66. The molecule has 6 nitrogen and oxygen atoms in total. The van der Waals surface area contributed by atoms with Crippen molar-refractivity contribution in [1.29, 1.82) is 0 Å². The number of halogens is 5. The van der Waals surface area contributed by atoms with Gasteiger partial charge < -0.3 is 0 Å². The van der Waals surface area contributed by atoms with Crippen LogP contribution in [0.1, 0.15) is 21.5 Å². The standard InChI is InChI=1S/C17H10F5N3O3/c18-12-10(13(19)15(21)16(22)14(12)20)7-23-24-17(27)9-3-1-2-8(6-9)4-5-11(26)25-28/h1-7,28H,(H,24,27)(H,25,26). The van der Waals surface area contributed by atoms with E-state index in [4.69, 9.17) is 5.21 Å². The summed E-state index contributed by atoms with van der Waals surface area (Å²) in [5.41, 5.74) is 2.34. The predicted molar refractivity (Wildman–Crippen MR) is 86.7 cm³/mol. The summed E-state index contributed by atoms with van der Waals surface area (Å²) in [6, 6.07) is 5.62. The number of nitrogens with one attached hydrogen (secondary N) is 2. The van der Waals surface area contributed by atoms with Crippen LogP contribution in [0.25, 0.3) is 6.08 Å². The van der Waals surface area contributed by atoms with Crippen LogP contribution in [0.5, 0.6) is 0 Å². The first kappa shape index (κ1) is 20.7. The highest BCUT2D eigenvalue weighted by atomic mass is 19.2. The molecular weight excluding hydrogens is 389 g/mol. The van der Waals surface area contributed by atoms with Gasteiger partial charge in [-0.05, 0) is 23.8 Å². The maximum absolute atomic E-state index is 13.5. The first-order valence-electron chi connectivity index (χ1n) is 7.33. The fourth-order valence-corrected chi connectivity index (χ4v) is 1.95. The average molecular weight is 399 g/mol. The molecule has 0 radical (unpaired) electrons. The number of carbonyl (C=O) groups excluding carboxylic acids is 2. The summed E-state index contributed by atoms with van der Waals surface area (Å²) < 4.78 is 66.1. The monoisotopic (exact) mass is 399 g/mol. The van der Waals surface area contributed by atoms with E-state index in [0.29, 0.717) is 5.56 Å². The molecule has 0 heterocycles. The summed E-state index contributed by atoms with van der Waals surface area (Å²) in [6.45, 7) is 0. The molecule has 2 aromatic rings. The van der Waals surface area contributed by atoms with Crippen LogP contribution in [0.15, 0.2) is 35.4 Å². The zero-order valence-electron chi connectivity index (χ0n) is 13.6. The van der Waals surface area contributed by atoms with Crippen LogP contribution in [-0.4, -0.2) is 23.2 Å². The van der Waals surface area contributed by atoms with Crippen molar-refractivity contribution in [2.45, 2.75) is 0 Å². The molecule has 0 aliphatic heterocycles. The topological polar surface area (TPSA) is 90.8 Å². The van der Waals surface area contributed by atoms with Gasteiger partial charge in [0.25, 0.3) is 11.8 Å². The van der Waals surface area contributed by atoms with Crippen molar-refractivity contribution in [2.24, 2.45) is 5.10 Å². The fourth-order valence-electron chi connectivity index (χ4n) is 1.95. The van der Waals surface area contributed by atoms with Crippen molar-refractivity contribution in [3.05, 3.63) is 76.1 Å².